The molecule has 1 aromatic carbocycles. The number of halogens is 1. The van der Waals surface area contributed by atoms with Crippen LogP contribution in [0.5, 0.6) is 0 Å². The Labute approximate surface area is 109 Å². The number of nitrogens with zero attached hydrogens (tertiary/aromatic N) is 1. The first-order chi connectivity index (χ1) is 7.68. The minimum absolute atomic E-state index is 0. The van der Waals surface area contributed by atoms with E-state index in [0.717, 1.165) is 19.4 Å². The lowest BCUT2D eigenvalue weighted by molar-refractivity contribution is -0.137. The summed E-state index contributed by atoms with van der Waals surface area (Å²) in [4.78, 5) is 12.4. The van der Waals surface area contributed by atoms with Gasteiger partial charge in [0.1, 0.15) is 0 Å². The Balaban J connectivity index is 0.00000256. The molecule has 1 rings (SSSR count). The molecule has 0 aliphatic heterocycles. The summed E-state index contributed by atoms with van der Waals surface area (Å²) >= 11 is 0. The standard InChI is InChI=1S/C13H19NO2.ClH/c1-14(11-9-13(15)16)10-5-8-12-6-3-2-4-7-12;/h2-4,6-7H,5,8-11H2,1H3,(H,15,16);1H. The molecular formula is C13H20ClNO2. The average molecular weight is 258 g/mol. The Morgan fingerprint density at radius 1 is 1.24 bits per heavy atom. The molecule has 0 unspecified atom stereocenters. The van der Waals surface area contributed by atoms with Gasteiger partial charge in [0.2, 0.25) is 0 Å². The van der Waals surface area contributed by atoms with E-state index in [1.165, 1.54) is 5.56 Å². The molecule has 0 fully saturated rings. The number of benzene rings is 1. The van der Waals surface area contributed by atoms with Crippen molar-refractivity contribution in [2.75, 3.05) is 20.1 Å². The maximum atomic E-state index is 10.4. The summed E-state index contributed by atoms with van der Waals surface area (Å²) in [6, 6.07) is 10.4. The predicted octanol–water partition coefficient (Wildman–Crippen LogP) is 2.45. The van der Waals surface area contributed by atoms with Crippen LogP contribution in [0.3, 0.4) is 0 Å². The Kier molecular flexibility index (Phi) is 8.46. The van der Waals surface area contributed by atoms with Gasteiger partial charge in [-0.15, -0.1) is 12.4 Å². The van der Waals surface area contributed by atoms with Crippen LogP contribution in [0.4, 0.5) is 0 Å². The van der Waals surface area contributed by atoms with Crippen molar-refractivity contribution >= 4 is 18.4 Å². The summed E-state index contributed by atoms with van der Waals surface area (Å²) < 4.78 is 0. The van der Waals surface area contributed by atoms with Crippen LogP contribution in [0.1, 0.15) is 18.4 Å². The van der Waals surface area contributed by atoms with Crippen LogP contribution in [0, 0.1) is 0 Å². The highest BCUT2D eigenvalue weighted by molar-refractivity contribution is 5.85. The van der Waals surface area contributed by atoms with Crippen LogP contribution in [0.15, 0.2) is 30.3 Å². The molecule has 4 heteroatoms. The minimum atomic E-state index is -0.727. The molecule has 0 saturated carbocycles. The summed E-state index contributed by atoms with van der Waals surface area (Å²) in [7, 11) is 1.97. The fourth-order valence-electron chi connectivity index (χ4n) is 1.60. The minimum Gasteiger partial charge on any atom is -0.481 e. The van der Waals surface area contributed by atoms with Crippen LogP contribution in [0.2, 0.25) is 0 Å². The van der Waals surface area contributed by atoms with Gasteiger partial charge in [-0.3, -0.25) is 4.79 Å². The monoisotopic (exact) mass is 257 g/mol. The third kappa shape index (κ3) is 7.77. The number of hydrogen-bond donors (Lipinski definition) is 1. The predicted molar refractivity (Wildman–Crippen MR) is 71.8 cm³/mol. The molecule has 3 nitrogen and oxygen atoms in total. The lowest BCUT2D eigenvalue weighted by Crippen LogP contribution is -2.23. The molecule has 0 saturated heterocycles. The fourth-order valence-corrected chi connectivity index (χ4v) is 1.60. The van der Waals surface area contributed by atoms with Crippen LogP contribution >= 0.6 is 12.4 Å². The van der Waals surface area contributed by atoms with Gasteiger partial charge in [-0.2, -0.15) is 0 Å². The van der Waals surface area contributed by atoms with Crippen molar-refractivity contribution in [1.82, 2.24) is 4.90 Å². The van der Waals surface area contributed by atoms with Gasteiger partial charge in [-0.25, -0.2) is 0 Å². The SMILES string of the molecule is CN(CCCc1ccccc1)CCC(=O)O.Cl. The number of aliphatic carboxylic acids is 1. The van der Waals surface area contributed by atoms with Crippen molar-refractivity contribution in [2.45, 2.75) is 19.3 Å². The maximum absolute atomic E-state index is 10.4. The number of rotatable bonds is 7. The number of carboxylic acid groups (broad SMARTS) is 1. The van der Waals surface area contributed by atoms with Crippen molar-refractivity contribution in [3.63, 3.8) is 0 Å². The molecule has 0 heterocycles. The first kappa shape index (κ1) is 15.9. The van der Waals surface area contributed by atoms with E-state index in [1.54, 1.807) is 0 Å². The summed E-state index contributed by atoms with van der Waals surface area (Å²) in [6.07, 6.45) is 2.35. The topological polar surface area (TPSA) is 40.5 Å². The Hall–Kier alpha value is -1.06. The first-order valence-corrected chi connectivity index (χ1v) is 5.63. The quantitative estimate of drug-likeness (QED) is 0.816. The molecule has 0 radical (unpaired) electrons. The molecule has 0 spiro atoms. The molecular weight excluding hydrogens is 238 g/mol. The molecule has 17 heavy (non-hydrogen) atoms. The molecule has 0 aromatic heterocycles. The molecule has 96 valence electrons. The van der Waals surface area contributed by atoms with Gasteiger partial charge in [0.25, 0.3) is 0 Å². The second-order valence-electron chi connectivity index (χ2n) is 4.04. The highest BCUT2D eigenvalue weighted by Gasteiger charge is 2.02. The summed E-state index contributed by atoms with van der Waals surface area (Å²) in [5, 5.41) is 8.54. The lowest BCUT2D eigenvalue weighted by Gasteiger charge is -2.14. The van der Waals surface area contributed by atoms with Gasteiger partial charge in [0.05, 0.1) is 6.42 Å². The molecule has 0 amide bonds. The molecule has 1 N–H and O–H groups in total. The highest BCUT2D eigenvalue weighted by atomic mass is 35.5. The zero-order chi connectivity index (χ0) is 11.8. The Morgan fingerprint density at radius 2 is 1.88 bits per heavy atom. The van der Waals surface area contributed by atoms with E-state index in [4.69, 9.17) is 5.11 Å². The van der Waals surface area contributed by atoms with E-state index in [0.29, 0.717) is 6.54 Å². The van der Waals surface area contributed by atoms with E-state index in [9.17, 15) is 4.79 Å². The maximum Gasteiger partial charge on any atom is 0.304 e. The molecule has 0 atom stereocenters. The average Bonchev–Trinajstić information content (AvgIpc) is 2.28. The van der Waals surface area contributed by atoms with E-state index in [1.807, 2.05) is 25.2 Å². The number of hydrogen-bond acceptors (Lipinski definition) is 2. The molecule has 0 bridgehead atoms. The first-order valence-electron chi connectivity index (χ1n) is 5.63. The number of carboxylic acids is 1. The molecule has 0 aliphatic rings. The highest BCUT2D eigenvalue weighted by Crippen LogP contribution is 2.03. The van der Waals surface area contributed by atoms with Crippen LogP contribution in [0.25, 0.3) is 0 Å². The molecule has 1 aromatic rings. The van der Waals surface area contributed by atoms with E-state index < -0.39 is 5.97 Å². The van der Waals surface area contributed by atoms with Crippen LogP contribution in [-0.4, -0.2) is 36.1 Å². The van der Waals surface area contributed by atoms with Crippen molar-refractivity contribution in [3.8, 4) is 0 Å². The fraction of sp³-hybridized carbons (Fsp3) is 0.462. The van der Waals surface area contributed by atoms with Gasteiger partial charge in [-0.05, 0) is 32.0 Å². The summed E-state index contributed by atoms with van der Waals surface area (Å²) in [5.41, 5.74) is 1.34. The lowest BCUT2D eigenvalue weighted by atomic mass is 10.1. The number of aryl methyl sites for hydroxylation is 1. The van der Waals surface area contributed by atoms with Crippen LogP contribution < -0.4 is 0 Å². The Bertz CT molecular complexity index is 316. The third-order valence-corrected chi connectivity index (χ3v) is 2.56. The van der Waals surface area contributed by atoms with Gasteiger partial charge in [-0.1, -0.05) is 30.3 Å². The van der Waals surface area contributed by atoms with E-state index in [-0.39, 0.29) is 18.8 Å². The van der Waals surface area contributed by atoms with E-state index >= 15 is 0 Å². The van der Waals surface area contributed by atoms with Crippen LogP contribution in [-0.2, 0) is 11.2 Å². The molecule has 0 aliphatic carbocycles. The third-order valence-electron chi connectivity index (χ3n) is 2.56. The van der Waals surface area contributed by atoms with Gasteiger partial charge in [0.15, 0.2) is 0 Å². The van der Waals surface area contributed by atoms with Crippen molar-refractivity contribution < 1.29 is 9.90 Å². The second kappa shape index (κ2) is 9.02. The van der Waals surface area contributed by atoms with Gasteiger partial charge in [0, 0.05) is 6.54 Å². The normalized spacial score (nSPS) is 10.0. The van der Waals surface area contributed by atoms with E-state index in [2.05, 4.69) is 17.0 Å². The van der Waals surface area contributed by atoms with Gasteiger partial charge < -0.3 is 10.0 Å². The second-order valence-corrected chi connectivity index (χ2v) is 4.04. The van der Waals surface area contributed by atoms with Crippen molar-refractivity contribution in [2.24, 2.45) is 0 Å². The number of carbonyl (C=O) groups is 1. The van der Waals surface area contributed by atoms with Crippen molar-refractivity contribution in [3.05, 3.63) is 35.9 Å². The van der Waals surface area contributed by atoms with Crippen molar-refractivity contribution in [1.29, 1.82) is 0 Å². The zero-order valence-corrected chi connectivity index (χ0v) is 10.9. The smallest absolute Gasteiger partial charge is 0.304 e. The summed E-state index contributed by atoms with van der Waals surface area (Å²) in [5.74, 6) is -0.727. The summed E-state index contributed by atoms with van der Waals surface area (Å²) in [6.45, 7) is 1.58. The zero-order valence-electron chi connectivity index (χ0n) is 10.1. The largest absolute Gasteiger partial charge is 0.481 e. The van der Waals surface area contributed by atoms with Gasteiger partial charge >= 0.3 is 5.97 Å². The Morgan fingerprint density at radius 3 is 2.47 bits per heavy atom.